The number of nitrogens with zero attached hydrogens (tertiary/aromatic N) is 1. The summed E-state index contributed by atoms with van der Waals surface area (Å²) >= 11 is 0. The molecule has 30 heavy (non-hydrogen) atoms. The van der Waals surface area contributed by atoms with E-state index in [2.05, 4.69) is 120 Å². The summed E-state index contributed by atoms with van der Waals surface area (Å²) in [4.78, 5) is 0. The van der Waals surface area contributed by atoms with E-state index in [1.807, 2.05) is 0 Å². The third-order valence-electron chi connectivity index (χ3n) is 6.03. The first kappa shape index (κ1) is 17.1. The van der Waals surface area contributed by atoms with E-state index in [0.29, 0.717) is 0 Å². The zero-order valence-electron chi connectivity index (χ0n) is 16.6. The fourth-order valence-electron chi connectivity index (χ4n) is 4.78. The Bertz CT molecular complexity index is 1290. The van der Waals surface area contributed by atoms with E-state index >= 15 is 0 Å². The van der Waals surface area contributed by atoms with Gasteiger partial charge in [0.05, 0.1) is 5.69 Å². The van der Waals surface area contributed by atoms with Crippen LogP contribution in [0.1, 0.15) is 11.3 Å². The van der Waals surface area contributed by atoms with Crippen molar-refractivity contribution < 1.29 is 0 Å². The van der Waals surface area contributed by atoms with Gasteiger partial charge in [-0.15, -0.1) is 0 Å². The Morgan fingerprint density at radius 1 is 0.467 bits per heavy atom. The van der Waals surface area contributed by atoms with E-state index in [1.54, 1.807) is 0 Å². The van der Waals surface area contributed by atoms with Crippen molar-refractivity contribution in [3.63, 3.8) is 0 Å². The van der Waals surface area contributed by atoms with Gasteiger partial charge < -0.3 is 4.57 Å². The van der Waals surface area contributed by atoms with E-state index in [-0.39, 0.29) is 0 Å². The molecule has 0 aliphatic carbocycles. The van der Waals surface area contributed by atoms with E-state index in [4.69, 9.17) is 0 Å². The van der Waals surface area contributed by atoms with Crippen molar-refractivity contribution in [2.45, 2.75) is 6.42 Å². The molecule has 1 aliphatic heterocycles. The lowest BCUT2D eigenvalue weighted by Gasteiger charge is -2.13. The Hall–Kier alpha value is -3.84. The average Bonchev–Trinajstić information content (AvgIpc) is 3.35. The maximum atomic E-state index is 2.50. The first-order chi connectivity index (χ1) is 14.9. The molecule has 1 nitrogen and oxygen atoms in total. The van der Waals surface area contributed by atoms with Crippen molar-refractivity contribution >= 4 is 0 Å². The molecule has 6 rings (SSSR count). The molecule has 1 aromatic heterocycles. The van der Waals surface area contributed by atoms with Gasteiger partial charge >= 0.3 is 0 Å². The molecule has 1 heteroatoms. The topological polar surface area (TPSA) is 4.93 Å². The summed E-state index contributed by atoms with van der Waals surface area (Å²) in [5, 5.41) is 0. The number of hydrogen-bond acceptors (Lipinski definition) is 0. The summed E-state index contributed by atoms with van der Waals surface area (Å²) in [6, 6.07) is 41.3. The molecular formula is C29H21N. The van der Waals surface area contributed by atoms with Gasteiger partial charge in [0.2, 0.25) is 0 Å². The monoisotopic (exact) mass is 383 g/mol. The van der Waals surface area contributed by atoms with Gasteiger partial charge in [0, 0.05) is 28.9 Å². The van der Waals surface area contributed by atoms with Gasteiger partial charge in [-0.1, -0.05) is 109 Å². The highest BCUT2D eigenvalue weighted by molar-refractivity contribution is 5.97. The molecule has 0 fully saturated rings. The van der Waals surface area contributed by atoms with Crippen molar-refractivity contribution in [2.24, 2.45) is 0 Å². The lowest BCUT2D eigenvalue weighted by atomic mass is 9.91. The van der Waals surface area contributed by atoms with Crippen molar-refractivity contribution in [3.8, 4) is 39.2 Å². The van der Waals surface area contributed by atoms with Crippen LogP contribution in [0.25, 0.3) is 39.2 Å². The van der Waals surface area contributed by atoms with E-state index < -0.39 is 0 Å². The van der Waals surface area contributed by atoms with Gasteiger partial charge in [-0.25, -0.2) is 0 Å². The van der Waals surface area contributed by atoms with Crippen LogP contribution < -0.4 is 0 Å². The third-order valence-corrected chi connectivity index (χ3v) is 6.03. The molecule has 0 unspecified atom stereocenters. The van der Waals surface area contributed by atoms with Crippen LogP contribution >= 0.6 is 0 Å². The Morgan fingerprint density at radius 2 is 0.967 bits per heavy atom. The first-order valence-electron chi connectivity index (χ1n) is 10.4. The van der Waals surface area contributed by atoms with Gasteiger partial charge in [0.25, 0.3) is 0 Å². The fourth-order valence-corrected chi connectivity index (χ4v) is 4.78. The average molecular weight is 383 g/mol. The van der Waals surface area contributed by atoms with Crippen LogP contribution in [0.4, 0.5) is 0 Å². The largest absolute Gasteiger partial charge is 0.312 e. The minimum Gasteiger partial charge on any atom is -0.312 e. The molecule has 0 spiro atoms. The molecular weight excluding hydrogens is 362 g/mol. The number of rotatable bonds is 3. The van der Waals surface area contributed by atoms with Gasteiger partial charge in [-0.2, -0.15) is 0 Å². The van der Waals surface area contributed by atoms with Crippen LogP contribution in [0.2, 0.25) is 0 Å². The zero-order valence-corrected chi connectivity index (χ0v) is 16.6. The SMILES string of the molecule is c1ccc(-c2c(-c3ccccc3)c(-c3ccccc3)n3c2Cc2ccccc2-3)cc1. The molecule has 2 heterocycles. The highest BCUT2D eigenvalue weighted by Crippen LogP contribution is 2.49. The van der Waals surface area contributed by atoms with Crippen LogP contribution in [-0.2, 0) is 6.42 Å². The zero-order chi connectivity index (χ0) is 19.9. The minimum absolute atomic E-state index is 0.951. The van der Waals surface area contributed by atoms with Crippen molar-refractivity contribution in [1.82, 2.24) is 4.57 Å². The first-order valence-corrected chi connectivity index (χ1v) is 10.4. The molecule has 0 saturated carbocycles. The van der Waals surface area contributed by atoms with Gasteiger partial charge in [0.15, 0.2) is 0 Å². The molecule has 5 aromatic rings. The highest BCUT2D eigenvalue weighted by atomic mass is 15.0. The van der Waals surface area contributed by atoms with E-state index in [1.165, 1.54) is 50.5 Å². The normalized spacial score (nSPS) is 11.9. The Kier molecular flexibility index (Phi) is 3.92. The third kappa shape index (κ3) is 2.56. The van der Waals surface area contributed by atoms with Gasteiger partial charge in [-0.05, 0) is 28.3 Å². The molecule has 0 atom stereocenters. The Labute approximate surface area is 176 Å². The second-order valence-corrected chi connectivity index (χ2v) is 7.78. The standard InChI is InChI=1S/C29H21N/c1-4-12-21(13-5-1)27-26-20-24-18-10-11-19-25(24)30(26)29(23-16-8-3-9-17-23)28(27)22-14-6-2-7-15-22/h1-19H,20H2. The second-order valence-electron chi connectivity index (χ2n) is 7.78. The number of hydrogen-bond donors (Lipinski definition) is 0. The summed E-state index contributed by atoms with van der Waals surface area (Å²) in [6.07, 6.45) is 0.951. The lowest BCUT2D eigenvalue weighted by molar-refractivity contribution is 1.06. The van der Waals surface area contributed by atoms with Crippen LogP contribution in [0.5, 0.6) is 0 Å². The molecule has 0 bridgehead atoms. The van der Waals surface area contributed by atoms with Crippen molar-refractivity contribution in [3.05, 3.63) is 127 Å². The van der Waals surface area contributed by atoms with Gasteiger partial charge in [-0.3, -0.25) is 0 Å². The van der Waals surface area contributed by atoms with E-state index in [9.17, 15) is 0 Å². The lowest BCUT2D eigenvalue weighted by Crippen LogP contribution is -1.96. The number of fused-ring (bicyclic) bond motifs is 3. The minimum atomic E-state index is 0.951. The summed E-state index contributed by atoms with van der Waals surface area (Å²) in [6.45, 7) is 0. The van der Waals surface area contributed by atoms with Crippen molar-refractivity contribution in [1.29, 1.82) is 0 Å². The van der Waals surface area contributed by atoms with Gasteiger partial charge in [0.1, 0.15) is 0 Å². The molecule has 0 N–H and O–H groups in total. The molecule has 0 saturated heterocycles. The predicted molar refractivity (Wildman–Crippen MR) is 125 cm³/mol. The molecule has 0 amide bonds. The highest BCUT2D eigenvalue weighted by Gasteiger charge is 2.31. The quantitative estimate of drug-likeness (QED) is 0.300. The van der Waals surface area contributed by atoms with Crippen LogP contribution in [-0.4, -0.2) is 4.57 Å². The van der Waals surface area contributed by atoms with Crippen LogP contribution in [0, 0.1) is 0 Å². The summed E-state index contributed by atoms with van der Waals surface area (Å²) < 4.78 is 2.50. The molecule has 1 aliphatic rings. The second kappa shape index (κ2) is 6.89. The molecule has 142 valence electrons. The van der Waals surface area contributed by atoms with Crippen LogP contribution in [0.3, 0.4) is 0 Å². The summed E-state index contributed by atoms with van der Waals surface area (Å²) in [7, 11) is 0. The number of aromatic nitrogens is 1. The van der Waals surface area contributed by atoms with E-state index in [0.717, 1.165) is 6.42 Å². The fraction of sp³-hybridized carbons (Fsp3) is 0.0345. The Balaban J connectivity index is 1.78. The maximum absolute atomic E-state index is 2.50. The molecule has 4 aromatic carbocycles. The smallest absolute Gasteiger partial charge is 0.0616 e. The summed E-state index contributed by atoms with van der Waals surface area (Å²) in [5.41, 5.74) is 11.8. The maximum Gasteiger partial charge on any atom is 0.0616 e. The Morgan fingerprint density at radius 3 is 1.60 bits per heavy atom. The number of benzene rings is 4. The summed E-state index contributed by atoms with van der Waals surface area (Å²) in [5.74, 6) is 0. The van der Waals surface area contributed by atoms with Crippen LogP contribution in [0.15, 0.2) is 115 Å². The van der Waals surface area contributed by atoms with Crippen molar-refractivity contribution in [2.75, 3.05) is 0 Å². The molecule has 0 radical (unpaired) electrons. The predicted octanol–water partition coefficient (Wildman–Crippen LogP) is 7.38. The number of para-hydroxylation sites is 1.